The van der Waals surface area contributed by atoms with E-state index >= 15 is 0 Å². The van der Waals surface area contributed by atoms with Gasteiger partial charge in [0.2, 0.25) is 0 Å². The van der Waals surface area contributed by atoms with Crippen LogP contribution in [0.3, 0.4) is 0 Å². The minimum Gasteiger partial charge on any atom is -0.477 e. The predicted molar refractivity (Wildman–Crippen MR) is 52.2 cm³/mol. The maximum atomic E-state index is 10.5. The number of carbonyl (C=O) groups is 1. The largest absolute Gasteiger partial charge is 0.477 e. The zero-order valence-electron chi connectivity index (χ0n) is 6.97. The first kappa shape index (κ1) is 10.1. The van der Waals surface area contributed by atoms with Gasteiger partial charge in [0.25, 0.3) is 0 Å². The molecule has 70 valence electrons. The van der Waals surface area contributed by atoms with Crippen LogP contribution in [0, 0.1) is 11.8 Å². The van der Waals surface area contributed by atoms with Crippen LogP contribution in [-0.2, 0) is 0 Å². The van der Waals surface area contributed by atoms with Gasteiger partial charge in [-0.25, -0.2) is 4.79 Å². The van der Waals surface area contributed by atoms with E-state index in [0.717, 1.165) is 11.3 Å². The number of thiophene rings is 1. The lowest BCUT2D eigenvalue weighted by molar-refractivity contribution is 0.0702. The maximum Gasteiger partial charge on any atom is 0.345 e. The fourth-order valence-corrected chi connectivity index (χ4v) is 1.40. The lowest BCUT2D eigenvalue weighted by Crippen LogP contribution is -1.89. The predicted octanol–water partition coefficient (Wildman–Crippen LogP) is 2.11. The number of carboxylic acids is 1. The molecule has 0 unspecified atom stereocenters. The third kappa shape index (κ3) is 2.83. The zero-order valence-corrected chi connectivity index (χ0v) is 7.78. The molecule has 0 amide bonds. The quantitative estimate of drug-likeness (QED) is 0.348. The van der Waals surface area contributed by atoms with Gasteiger partial charge in [0, 0.05) is 15.9 Å². The Bertz CT molecular complexity index is 449. The van der Waals surface area contributed by atoms with E-state index in [9.17, 15) is 4.79 Å². The van der Waals surface area contributed by atoms with Gasteiger partial charge in [-0.05, 0) is 11.6 Å². The second-order valence-electron chi connectivity index (χ2n) is 2.20. The van der Waals surface area contributed by atoms with Gasteiger partial charge in [0.15, 0.2) is 0 Å². The molecule has 0 fully saturated rings. The fraction of sp³-hybridized carbons (Fsp3) is 0.125. The number of aromatic carboxylic acids is 1. The van der Waals surface area contributed by atoms with E-state index in [4.69, 9.17) is 10.6 Å². The first-order valence-corrected chi connectivity index (χ1v) is 4.43. The van der Waals surface area contributed by atoms with Crippen molar-refractivity contribution < 1.29 is 9.90 Å². The van der Waals surface area contributed by atoms with Crippen LogP contribution in [0.2, 0.25) is 0 Å². The van der Waals surface area contributed by atoms with Crippen LogP contribution >= 0.6 is 11.3 Å². The van der Waals surface area contributed by atoms with Crippen molar-refractivity contribution in [3.63, 3.8) is 0 Å². The SMILES string of the molecule is [N-]=[N+]=NCC#Cc1csc(C(=O)O)c1. The Balaban J connectivity index is 2.71. The first-order chi connectivity index (χ1) is 6.74. The summed E-state index contributed by atoms with van der Waals surface area (Å²) in [5.41, 5.74) is 8.58. The summed E-state index contributed by atoms with van der Waals surface area (Å²) in [6.45, 7) is 0.0920. The summed E-state index contributed by atoms with van der Waals surface area (Å²) in [7, 11) is 0. The summed E-state index contributed by atoms with van der Waals surface area (Å²) >= 11 is 1.12. The molecular weight excluding hydrogens is 202 g/mol. The second-order valence-corrected chi connectivity index (χ2v) is 3.11. The van der Waals surface area contributed by atoms with Crippen molar-refractivity contribution in [1.82, 2.24) is 0 Å². The van der Waals surface area contributed by atoms with Crippen molar-refractivity contribution in [2.75, 3.05) is 6.54 Å². The van der Waals surface area contributed by atoms with Gasteiger partial charge >= 0.3 is 5.97 Å². The maximum absolute atomic E-state index is 10.5. The summed E-state index contributed by atoms with van der Waals surface area (Å²) in [6.07, 6.45) is 0. The fourth-order valence-electron chi connectivity index (χ4n) is 0.723. The molecule has 14 heavy (non-hydrogen) atoms. The molecular formula is C8H5N3O2S. The van der Waals surface area contributed by atoms with Crippen LogP contribution in [0.15, 0.2) is 16.6 Å². The Morgan fingerprint density at radius 1 is 1.79 bits per heavy atom. The highest BCUT2D eigenvalue weighted by atomic mass is 32.1. The lowest BCUT2D eigenvalue weighted by Gasteiger charge is -1.80. The van der Waals surface area contributed by atoms with E-state index in [1.807, 2.05) is 0 Å². The minimum absolute atomic E-state index is 0.0920. The van der Waals surface area contributed by atoms with E-state index in [0.29, 0.717) is 5.56 Å². The lowest BCUT2D eigenvalue weighted by atomic mass is 10.3. The molecule has 0 aliphatic heterocycles. The van der Waals surface area contributed by atoms with Gasteiger partial charge in [-0.2, -0.15) is 0 Å². The van der Waals surface area contributed by atoms with Gasteiger partial charge in [0.05, 0.1) is 6.54 Å². The molecule has 1 heterocycles. The Kier molecular flexibility index (Phi) is 3.56. The molecule has 6 heteroatoms. The highest BCUT2D eigenvalue weighted by Crippen LogP contribution is 2.13. The van der Waals surface area contributed by atoms with Crippen LogP contribution in [0.5, 0.6) is 0 Å². The average Bonchev–Trinajstić information content (AvgIpc) is 2.61. The number of hydrogen-bond donors (Lipinski definition) is 1. The molecule has 1 N–H and O–H groups in total. The van der Waals surface area contributed by atoms with Crippen molar-refractivity contribution in [2.24, 2.45) is 5.11 Å². The van der Waals surface area contributed by atoms with E-state index in [1.165, 1.54) is 6.07 Å². The number of carboxylic acid groups (broad SMARTS) is 1. The van der Waals surface area contributed by atoms with E-state index < -0.39 is 5.97 Å². The summed E-state index contributed by atoms with van der Waals surface area (Å²) < 4.78 is 0. The summed E-state index contributed by atoms with van der Waals surface area (Å²) in [5, 5.41) is 13.5. The summed E-state index contributed by atoms with van der Waals surface area (Å²) in [5.74, 6) is 4.33. The smallest absolute Gasteiger partial charge is 0.345 e. The Morgan fingerprint density at radius 2 is 2.57 bits per heavy atom. The molecule has 5 nitrogen and oxygen atoms in total. The molecule has 1 rings (SSSR count). The number of hydrogen-bond acceptors (Lipinski definition) is 3. The van der Waals surface area contributed by atoms with Crippen molar-refractivity contribution in [3.8, 4) is 11.8 Å². The van der Waals surface area contributed by atoms with Gasteiger partial charge in [-0.15, -0.1) is 11.3 Å². The Morgan fingerprint density at radius 3 is 3.14 bits per heavy atom. The third-order valence-electron chi connectivity index (χ3n) is 1.26. The molecule has 0 saturated carbocycles. The second kappa shape index (κ2) is 4.92. The Labute approximate surface area is 83.6 Å². The molecule has 0 spiro atoms. The van der Waals surface area contributed by atoms with Gasteiger partial charge in [-0.3, -0.25) is 0 Å². The minimum atomic E-state index is -0.960. The highest BCUT2D eigenvalue weighted by Gasteiger charge is 2.04. The normalized spacial score (nSPS) is 8.29. The van der Waals surface area contributed by atoms with Crippen molar-refractivity contribution in [3.05, 3.63) is 32.3 Å². The molecule has 1 aromatic heterocycles. The molecule has 0 radical (unpaired) electrons. The number of rotatable bonds is 2. The molecule has 1 aromatic rings. The number of nitrogens with zero attached hydrogens (tertiary/aromatic N) is 3. The van der Waals surface area contributed by atoms with Gasteiger partial charge in [0.1, 0.15) is 4.88 Å². The van der Waals surface area contributed by atoms with Crippen LogP contribution in [0.25, 0.3) is 10.4 Å². The van der Waals surface area contributed by atoms with E-state index in [1.54, 1.807) is 5.38 Å². The summed E-state index contributed by atoms with van der Waals surface area (Å²) in [6, 6.07) is 1.48. The van der Waals surface area contributed by atoms with Gasteiger partial charge < -0.3 is 5.11 Å². The first-order valence-electron chi connectivity index (χ1n) is 3.55. The van der Waals surface area contributed by atoms with Crippen LogP contribution in [-0.4, -0.2) is 17.6 Å². The Hall–Kier alpha value is -1.96. The van der Waals surface area contributed by atoms with E-state index in [2.05, 4.69) is 21.9 Å². The van der Waals surface area contributed by atoms with Gasteiger partial charge in [-0.1, -0.05) is 17.0 Å². The molecule has 0 aliphatic rings. The number of azide groups is 1. The zero-order chi connectivity index (χ0) is 10.4. The van der Waals surface area contributed by atoms with Crippen LogP contribution < -0.4 is 0 Å². The van der Waals surface area contributed by atoms with Crippen molar-refractivity contribution >= 4 is 17.3 Å². The highest BCUT2D eigenvalue weighted by molar-refractivity contribution is 7.12. The molecule has 0 bridgehead atoms. The topological polar surface area (TPSA) is 86.1 Å². The summed E-state index contributed by atoms with van der Waals surface area (Å²) in [4.78, 5) is 13.3. The molecule has 0 atom stereocenters. The van der Waals surface area contributed by atoms with E-state index in [-0.39, 0.29) is 11.4 Å². The third-order valence-corrected chi connectivity index (χ3v) is 2.17. The average molecular weight is 207 g/mol. The molecule has 0 saturated heterocycles. The van der Waals surface area contributed by atoms with Crippen LogP contribution in [0.4, 0.5) is 0 Å². The van der Waals surface area contributed by atoms with Crippen LogP contribution in [0.1, 0.15) is 15.2 Å². The monoisotopic (exact) mass is 207 g/mol. The standard InChI is InChI=1S/C8H5N3O2S/c9-11-10-3-1-2-6-4-7(8(12)13)14-5-6/h4-5H,3H2,(H,12,13). The van der Waals surface area contributed by atoms with Crippen molar-refractivity contribution in [2.45, 2.75) is 0 Å². The molecule has 0 aromatic carbocycles. The van der Waals surface area contributed by atoms with Crippen molar-refractivity contribution in [1.29, 1.82) is 0 Å². The molecule has 0 aliphatic carbocycles.